The number of anilines is 2. The molecule has 0 aromatic heterocycles. The summed E-state index contributed by atoms with van der Waals surface area (Å²) >= 11 is 0. The number of carbonyl (C=O) groups excluding carboxylic acids is 2. The van der Waals surface area contributed by atoms with E-state index >= 15 is 0 Å². The van der Waals surface area contributed by atoms with Crippen LogP contribution >= 0.6 is 0 Å². The fraction of sp³-hybridized carbons (Fsp3) is 0.462. The van der Waals surface area contributed by atoms with E-state index in [0.29, 0.717) is 23.7 Å². The van der Waals surface area contributed by atoms with Gasteiger partial charge in [0.05, 0.1) is 25.9 Å². The number of ether oxygens (including phenoxy) is 2. The van der Waals surface area contributed by atoms with Gasteiger partial charge in [0.1, 0.15) is 11.5 Å². The van der Waals surface area contributed by atoms with Gasteiger partial charge in [0.2, 0.25) is 0 Å². The Hall–Kier alpha value is -3.26. The van der Waals surface area contributed by atoms with Crippen LogP contribution in [0.3, 0.4) is 0 Å². The Labute approximate surface area is 201 Å². The first-order chi connectivity index (χ1) is 16.5. The Balaban J connectivity index is 1.45. The standard InChI is InChI=1S/C26H34N4O4/c1-29-12-6-7-18-15-19(8-11-22(18)29)23(30-13-4-5-14-30)17-27-25(31)26(32)28-21-10-9-20(33-2)16-24(21)34-3/h8-11,15-16,23H,4-7,12-14,17H2,1-3H3,(H,27,31)(H,28,32). The van der Waals surface area contributed by atoms with Crippen LogP contribution in [0.15, 0.2) is 36.4 Å². The van der Waals surface area contributed by atoms with Crippen molar-refractivity contribution in [1.82, 2.24) is 10.2 Å². The first-order valence-electron chi connectivity index (χ1n) is 11.9. The van der Waals surface area contributed by atoms with Crippen molar-refractivity contribution in [2.45, 2.75) is 31.7 Å². The summed E-state index contributed by atoms with van der Waals surface area (Å²) < 4.78 is 10.5. The predicted molar refractivity (Wildman–Crippen MR) is 133 cm³/mol. The highest BCUT2D eigenvalue weighted by Crippen LogP contribution is 2.32. The summed E-state index contributed by atoms with van der Waals surface area (Å²) in [5.74, 6) is -0.367. The summed E-state index contributed by atoms with van der Waals surface area (Å²) in [5, 5.41) is 5.50. The molecule has 2 aliphatic heterocycles. The molecule has 0 spiro atoms. The topological polar surface area (TPSA) is 83.1 Å². The average molecular weight is 467 g/mol. The molecule has 0 bridgehead atoms. The van der Waals surface area contributed by atoms with Crippen LogP contribution in [0.2, 0.25) is 0 Å². The van der Waals surface area contributed by atoms with Crippen LogP contribution < -0.4 is 25.0 Å². The Bertz CT molecular complexity index is 1040. The van der Waals surface area contributed by atoms with Gasteiger partial charge in [0.15, 0.2) is 0 Å². The largest absolute Gasteiger partial charge is 0.497 e. The van der Waals surface area contributed by atoms with Crippen molar-refractivity contribution in [3.63, 3.8) is 0 Å². The molecule has 1 unspecified atom stereocenters. The number of hydrogen-bond acceptors (Lipinski definition) is 6. The third-order valence-corrected chi connectivity index (χ3v) is 6.74. The minimum absolute atomic E-state index is 0.0345. The highest BCUT2D eigenvalue weighted by Gasteiger charge is 2.27. The Morgan fingerprint density at radius 2 is 1.76 bits per heavy atom. The quantitative estimate of drug-likeness (QED) is 0.611. The molecule has 2 aromatic carbocycles. The van der Waals surface area contributed by atoms with Crippen molar-refractivity contribution >= 4 is 23.2 Å². The van der Waals surface area contributed by atoms with Crippen molar-refractivity contribution in [2.24, 2.45) is 0 Å². The number of nitrogens with zero attached hydrogens (tertiary/aromatic N) is 2. The monoisotopic (exact) mass is 466 g/mol. The van der Waals surface area contributed by atoms with Gasteiger partial charge in [0, 0.05) is 31.9 Å². The van der Waals surface area contributed by atoms with Gasteiger partial charge in [0.25, 0.3) is 0 Å². The van der Waals surface area contributed by atoms with Crippen molar-refractivity contribution in [3.05, 3.63) is 47.5 Å². The van der Waals surface area contributed by atoms with E-state index in [1.54, 1.807) is 25.3 Å². The zero-order chi connectivity index (χ0) is 24.1. The number of rotatable bonds is 7. The van der Waals surface area contributed by atoms with Crippen molar-refractivity contribution in [3.8, 4) is 11.5 Å². The average Bonchev–Trinajstić information content (AvgIpc) is 3.39. The maximum Gasteiger partial charge on any atom is 0.313 e. The molecule has 4 rings (SSSR count). The lowest BCUT2D eigenvalue weighted by Gasteiger charge is -2.31. The number of aryl methyl sites for hydroxylation is 1. The van der Waals surface area contributed by atoms with E-state index in [4.69, 9.17) is 9.47 Å². The second-order valence-electron chi connectivity index (χ2n) is 8.90. The van der Waals surface area contributed by atoms with Gasteiger partial charge in [-0.25, -0.2) is 0 Å². The van der Waals surface area contributed by atoms with Crippen LogP contribution in [0.4, 0.5) is 11.4 Å². The number of fused-ring (bicyclic) bond motifs is 1. The molecule has 0 aliphatic carbocycles. The number of hydrogen-bond donors (Lipinski definition) is 2. The lowest BCUT2D eigenvalue weighted by Crippen LogP contribution is -2.41. The molecule has 0 radical (unpaired) electrons. The van der Waals surface area contributed by atoms with Crippen molar-refractivity contribution in [1.29, 1.82) is 0 Å². The number of benzene rings is 2. The summed E-state index contributed by atoms with van der Waals surface area (Å²) in [5.41, 5.74) is 4.24. The van der Waals surface area contributed by atoms with Gasteiger partial charge < -0.3 is 25.0 Å². The van der Waals surface area contributed by atoms with Crippen LogP contribution in [-0.4, -0.2) is 64.2 Å². The Morgan fingerprint density at radius 3 is 2.50 bits per heavy atom. The van der Waals surface area contributed by atoms with E-state index < -0.39 is 11.8 Å². The molecule has 2 aliphatic rings. The van der Waals surface area contributed by atoms with Gasteiger partial charge in [-0.2, -0.15) is 0 Å². The summed E-state index contributed by atoms with van der Waals surface area (Å²) in [6, 6.07) is 11.7. The van der Waals surface area contributed by atoms with E-state index in [9.17, 15) is 9.59 Å². The second-order valence-corrected chi connectivity index (χ2v) is 8.90. The summed E-state index contributed by atoms with van der Waals surface area (Å²) in [4.78, 5) is 30.0. The van der Waals surface area contributed by atoms with E-state index in [1.807, 2.05) is 0 Å². The van der Waals surface area contributed by atoms with Crippen LogP contribution in [0.1, 0.15) is 36.4 Å². The van der Waals surface area contributed by atoms with E-state index in [0.717, 1.165) is 45.3 Å². The number of amides is 2. The number of nitrogens with one attached hydrogen (secondary N) is 2. The van der Waals surface area contributed by atoms with Crippen LogP contribution in [-0.2, 0) is 16.0 Å². The van der Waals surface area contributed by atoms with E-state index in [2.05, 4.69) is 45.7 Å². The second kappa shape index (κ2) is 10.8. The summed E-state index contributed by atoms with van der Waals surface area (Å²) in [6.45, 7) is 3.44. The molecule has 2 amide bonds. The summed E-state index contributed by atoms with van der Waals surface area (Å²) in [7, 11) is 5.19. The highest BCUT2D eigenvalue weighted by molar-refractivity contribution is 6.39. The number of likely N-dealkylation sites (tertiary alicyclic amines) is 1. The fourth-order valence-electron chi connectivity index (χ4n) is 4.87. The maximum absolute atomic E-state index is 12.7. The van der Waals surface area contributed by atoms with Gasteiger partial charge >= 0.3 is 11.8 Å². The molecule has 182 valence electrons. The SMILES string of the molecule is COc1ccc(NC(=O)C(=O)NCC(c2ccc3c(c2)CCCN3C)N2CCCC2)c(OC)c1. The van der Waals surface area contributed by atoms with E-state index in [1.165, 1.54) is 23.9 Å². The molecule has 2 aromatic rings. The molecule has 0 saturated carbocycles. The van der Waals surface area contributed by atoms with Crippen molar-refractivity contribution < 1.29 is 19.1 Å². The molecule has 2 heterocycles. The molecule has 34 heavy (non-hydrogen) atoms. The van der Waals surface area contributed by atoms with Gasteiger partial charge in [-0.1, -0.05) is 12.1 Å². The number of carbonyl (C=O) groups is 2. The molecular weight excluding hydrogens is 432 g/mol. The minimum Gasteiger partial charge on any atom is -0.497 e. The smallest absolute Gasteiger partial charge is 0.313 e. The Kier molecular flexibility index (Phi) is 7.57. The van der Waals surface area contributed by atoms with Gasteiger partial charge in [-0.15, -0.1) is 0 Å². The lowest BCUT2D eigenvalue weighted by molar-refractivity contribution is -0.136. The lowest BCUT2D eigenvalue weighted by atomic mass is 9.96. The molecule has 2 N–H and O–H groups in total. The summed E-state index contributed by atoms with van der Waals surface area (Å²) in [6.07, 6.45) is 4.51. The predicted octanol–water partition coefficient (Wildman–Crippen LogP) is 2.98. The van der Waals surface area contributed by atoms with Crippen LogP contribution in [0.5, 0.6) is 11.5 Å². The third kappa shape index (κ3) is 5.28. The first-order valence-corrected chi connectivity index (χ1v) is 11.9. The molecule has 8 heteroatoms. The molecule has 8 nitrogen and oxygen atoms in total. The van der Waals surface area contributed by atoms with Gasteiger partial charge in [-0.3, -0.25) is 14.5 Å². The fourth-order valence-corrected chi connectivity index (χ4v) is 4.87. The highest BCUT2D eigenvalue weighted by atomic mass is 16.5. The first kappa shape index (κ1) is 23.9. The molecule has 1 saturated heterocycles. The third-order valence-electron chi connectivity index (χ3n) is 6.74. The zero-order valence-corrected chi connectivity index (χ0v) is 20.2. The van der Waals surface area contributed by atoms with Crippen molar-refractivity contribution in [2.75, 3.05) is 57.7 Å². The van der Waals surface area contributed by atoms with Crippen LogP contribution in [0, 0.1) is 0 Å². The van der Waals surface area contributed by atoms with Gasteiger partial charge in [-0.05, 0) is 68.1 Å². The van der Waals surface area contributed by atoms with Crippen LogP contribution in [0.25, 0.3) is 0 Å². The molecular formula is C26H34N4O4. The number of methoxy groups -OCH3 is 2. The van der Waals surface area contributed by atoms with E-state index in [-0.39, 0.29) is 6.04 Å². The Morgan fingerprint density at radius 1 is 0.971 bits per heavy atom. The zero-order valence-electron chi connectivity index (χ0n) is 20.2. The molecule has 1 atom stereocenters. The maximum atomic E-state index is 12.7. The minimum atomic E-state index is -0.726. The molecule has 1 fully saturated rings. The normalized spacial score (nSPS) is 16.5.